The summed E-state index contributed by atoms with van der Waals surface area (Å²) in [5.41, 5.74) is 5.55. The van der Waals surface area contributed by atoms with Crippen molar-refractivity contribution in [1.82, 2.24) is 10.6 Å². The number of amides is 2. The molecule has 0 saturated carbocycles. The molecular weight excluding hydrogens is 328 g/mol. The summed E-state index contributed by atoms with van der Waals surface area (Å²) < 4.78 is 26.7. The van der Waals surface area contributed by atoms with Gasteiger partial charge in [-0.3, -0.25) is 9.59 Å². The van der Waals surface area contributed by atoms with Gasteiger partial charge >= 0.3 is 0 Å². The molecule has 0 fully saturated rings. The van der Waals surface area contributed by atoms with Gasteiger partial charge in [-0.1, -0.05) is 19.9 Å². The lowest BCUT2D eigenvalue weighted by atomic mass is 10.1. The maximum atomic E-state index is 13.4. The van der Waals surface area contributed by atoms with E-state index in [4.69, 9.17) is 5.73 Å². The summed E-state index contributed by atoms with van der Waals surface area (Å²) in [5.74, 6) is -2.19. The molecule has 0 unspecified atom stereocenters. The van der Waals surface area contributed by atoms with Gasteiger partial charge in [0, 0.05) is 12.1 Å². The minimum atomic E-state index is -0.680. The Hall–Kier alpha value is -1.73. The van der Waals surface area contributed by atoms with Crippen molar-refractivity contribution in [2.75, 3.05) is 13.1 Å². The zero-order valence-corrected chi connectivity index (χ0v) is 13.9. The molecule has 1 rings (SSSR count). The predicted molar refractivity (Wildman–Crippen MR) is 86.1 cm³/mol. The minimum Gasteiger partial charge on any atom is -0.354 e. The third kappa shape index (κ3) is 6.92. The highest BCUT2D eigenvalue weighted by molar-refractivity contribution is 5.87. The molecule has 0 heterocycles. The zero-order chi connectivity index (χ0) is 16.7. The SMILES string of the molecule is CC(C)[C@H](N)C(=O)NCC(=O)NCCc1c(F)cccc1F.Cl. The number of hydrogen-bond donors (Lipinski definition) is 3. The van der Waals surface area contributed by atoms with Crippen molar-refractivity contribution >= 4 is 24.2 Å². The smallest absolute Gasteiger partial charge is 0.239 e. The fourth-order valence-corrected chi connectivity index (χ4v) is 1.75. The molecule has 0 bridgehead atoms. The molecule has 130 valence electrons. The van der Waals surface area contributed by atoms with Gasteiger partial charge in [-0.25, -0.2) is 8.78 Å². The molecule has 8 heteroatoms. The molecule has 0 radical (unpaired) electrons. The van der Waals surface area contributed by atoms with E-state index in [0.29, 0.717) is 0 Å². The quantitative estimate of drug-likeness (QED) is 0.690. The molecule has 23 heavy (non-hydrogen) atoms. The number of nitrogens with two attached hydrogens (primary N) is 1. The lowest BCUT2D eigenvalue weighted by Crippen LogP contribution is -2.47. The number of nitrogens with one attached hydrogen (secondary N) is 2. The highest BCUT2D eigenvalue weighted by Crippen LogP contribution is 2.11. The second-order valence-corrected chi connectivity index (χ2v) is 5.29. The average Bonchev–Trinajstić information content (AvgIpc) is 2.46. The van der Waals surface area contributed by atoms with E-state index in [1.165, 1.54) is 6.07 Å². The predicted octanol–water partition coefficient (Wildman–Crippen LogP) is 1.14. The first kappa shape index (κ1) is 21.3. The van der Waals surface area contributed by atoms with Crippen LogP contribution in [0.4, 0.5) is 8.78 Å². The van der Waals surface area contributed by atoms with Gasteiger partial charge in [0.25, 0.3) is 0 Å². The van der Waals surface area contributed by atoms with E-state index in [9.17, 15) is 18.4 Å². The topological polar surface area (TPSA) is 84.2 Å². The molecule has 5 nitrogen and oxygen atoms in total. The Balaban J connectivity index is 0.00000484. The van der Waals surface area contributed by atoms with E-state index in [1.54, 1.807) is 13.8 Å². The molecule has 0 aromatic heterocycles. The molecule has 0 saturated heterocycles. The van der Waals surface area contributed by atoms with Gasteiger partial charge in [-0.05, 0) is 24.5 Å². The van der Waals surface area contributed by atoms with Crippen molar-refractivity contribution in [3.05, 3.63) is 35.4 Å². The van der Waals surface area contributed by atoms with E-state index in [0.717, 1.165) is 12.1 Å². The van der Waals surface area contributed by atoms with Gasteiger partial charge in [0.2, 0.25) is 11.8 Å². The monoisotopic (exact) mass is 349 g/mol. The van der Waals surface area contributed by atoms with E-state index < -0.39 is 29.5 Å². The molecule has 2 amide bonds. The highest BCUT2D eigenvalue weighted by Gasteiger charge is 2.17. The standard InChI is InChI=1S/C15H21F2N3O2.ClH/c1-9(2)14(18)15(22)20-8-13(21)19-7-6-10-11(16)4-3-5-12(10)17;/h3-5,9,14H,6-8,18H2,1-2H3,(H,19,21)(H,20,22);1H/t14-;/m0./s1. The van der Waals surface area contributed by atoms with Crippen molar-refractivity contribution in [3.63, 3.8) is 0 Å². The van der Waals surface area contributed by atoms with Gasteiger partial charge < -0.3 is 16.4 Å². The summed E-state index contributed by atoms with van der Waals surface area (Å²) in [6.45, 7) is 3.45. The first-order valence-electron chi connectivity index (χ1n) is 7.05. The lowest BCUT2D eigenvalue weighted by Gasteiger charge is -2.15. The van der Waals surface area contributed by atoms with Crippen LogP contribution in [0.3, 0.4) is 0 Å². The zero-order valence-electron chi connectivity index (χ0n) is 13.1. The molecule has 1 aromatic carbocycles. The molecule has 0 spiro atoms. The third-order valence-corrected chi connectivity index (χ3v) is 3.20. The first-order chi connectivity index (χ1) is 10.3. The second kappa shape index (κ2) is 10.1. The average molecular weight is 350 g/mol. The molecule has 4 N–H and O–H groups in total. The normalized spacial score (nSPS) is 11.6. The number of halogens is 3. The van der Waals surface area contributed by atoms with Crippen LogP contribution in [-0.4, -0.2) is 30.9 Å². The summed E-state index contributed by atoms with van der Waals surface area (Å²) >= 11 is 0. The van der Waals surface area contributed by atoms with Crippen LogP contribution in [0.25, 0.3) is 0 Å². The molecule has 0 aliphatic rings. The van der Waals surface area contributed by atoms with Crippen LogP contribution in [0.5, 0.6) is 0 Å². The Kier molecular flexibility index (Phi) is 9.36. The lowest BCUT2D eigenvalue weighted by molar-refractivity contribution is -0.127. The van der Waals surface area contributed by atoms with Crippen molar-refractivity contribution < 1.29 is 18.4 Å². The van der Waals surface area contributed by atoms with Crippen LogP contribution in [0, 0.1) is 17.6 Å². The van der Waals surface area contributed by atoms with Crippen LogP contribution in [0.15, 0.2) is 18.2 Å². The van der Waals surface area contributed by atoms with Crippen molar-refractivity contribution in [2.24, 2.45) is 11.7 Å². The Morgan fingerprint density at radius 3 is 2.26 bits per heavy atom. The first-order valence-corrected chi connectivity index (χ1v) is 7.05. The molecule has 0 aliphatic carbocycles. The number of hydrogen-bond acceptors (Lipinski definition) is 3. The minimum absolute atomic E-state index is 0. The second-order valence-electron chi connectivity index (χ2n) is 5.29. The summed E-state index contributed by atoms with van der Waals surface area (Å²) in [4.78, 5) is 23.1. The molecule has 0 aliphatic heterocycles. The summed E-state index contributed by atoms with van der Waals surface area (Å²) in [6, 6.07) is 2.92. The van der Waals surface area contributed by atoms with Crippen molar-refractivity contribution in [3.8, 4) is 0 Å². The maximum Gasteiger partial charge on any atom is 0.239 e. The summed E-state index contributed by atoms with van der Waals surface area (Å²) in [5, 5.41) is 4.89. The van der Waals surface area contributed by atoms with E-state index in [1.807, 2.05) is 0 Å². The molecular formula is C15H22ClF2N3O2. The fourth-order valence-electron chi connectivity index (χ4n) is 1.75. The van der Waals surface area contributed by atoms with Crippen LogP contribution in [0.2, 0.25) is 0 Å². The molecule has 1 aromatic rings. The third-order valence-electron chi connectivity index (χ3n) is 3.20. The summed E-state index contributed by atoms with van der Waals surface area (Å²) in [7, 11) is 0. The summed E-state index contributed by atoms with van der Waals surface area (Å²) in [6.07, 6.45) is 0.0314. The van der Waals surface area contributed by atoms with Gasteiger partial charge in [-0.2, -0.15) is 0 Å². The Labute approximate surface area is 140 Å². The fraction of sp³-hybridized carbons (Fsp3) is 0.467. The number of carbonyl (C=O) groups excluding carboxylic acids is 2. The number of carbonyl (C=O) groups is 2. The van der Waals surface area contributed by atoms with Crippen LogP contribution >= 0.6 is 12.4 Å². The van der Waals surface area contributed by atoms with Crippen molar-refractivity contribution in [1.29, 1.82) is 0 Å². The maximum absolute atomic E-state index is 13.4. The Morgan fingerprint density at radius 2 is 1.74 bits per heavy atom. The van der Waals surface area contributed by atoms with E-state index in [-0.39, 0.29) is 43.4 Å². The van der Waals surface area contributed by atoms with Crippen molar-refractivity contribution in [2.45, 2.75) is 26.3 Å². The van der Waals surface area contributed by atoms with Gasteiger partial charge in [0.1, 0.15) is 11.6 Å². The molecule has 1 atom stereocenters. The largest absolute Gasteiger partial charge is 0.354 e. The van der Waals surface area contributed by atoms with Gasteiger partial charge in [0.15, 0.2) is 0 Å². The van der Waals surface area contributed by atoms with Crippen LogP contribution in [-0.2, 0) is 16.0 Å². The van der Waals surface area contributed by atoms with E-state index in [2.05, 4.69) is 10.6 Å². The number of benzene rings is 1. The Bertz CT molecular complexity index is 521. The van der Waals surface area contributed by atoms with E-state index >= 15 is 0 Å². The van der Waals surface area contributed by atoms with Crippen LogP contribution < -0.4 is 16.4 Å². The highest BCUT2D eigenvalue weighted by atomic mass is 35.5. The number of rotatable bonds is 7. The van der Waals surface area contributed by atoms with Gasteiger partial charge in [-0.15, -0.1) is 12.4 Å². The van der Waals surface area contributed by atoms with Crippen LogP contribution in [0.1, 0.15) is 19.4 Å². The van der Waals surface area contributed by atoms with Gasteiger partial charge in [0.05, 0.1) is 12.6 Å². The Morgan fingerprint density at radius 1 is 1.17 bits per heavy atom.